The molecule has 2 rings (SSSR count). The van der Waals surface area contributed by atoms with Crippen LogP contribution in [0.4, 0.5) is 0 Å². The van der Waals surface area contributed by atoms with E-state index < -0.39 is 98.6 Å². The molecule has 1 amide bonds. The van der Waals surface area contributed by atoms with Crippen molar-refractivity contribution in [2.75, 3.05) is 13.2 Å². The Balaban J connectivity index is 2.32. The molecule has 12 atom stereocenters. The van der Waals surface area contributed by atoms with Crippen molar-refractivity contribution in [1.82, 2.24) is 5.32 Å². The first kappa shape index (κ1) is 27.7. The Morgan fingerprint density at radius 3 is 2.06 bits per heavy atom. The molecule has 0 radical (unpaired) electrons. The Morgan fingerprint density at radius 1 is 1.00 bits per heavy atom. The first-order valence-electron chi connectivity index (χ1n) is 10.3. The van der Waals surface area contributed by atoms with Crippen molar-refractivity contribution >= 4 is 11.9 Å². The number of rotatable bonds is 9. The van der Waals surface area contributed by atoms with Gasteiger partial charge >= 0.3 is 0 Å². The van der Waals surface area contributed by atoms with E-state index in [0.717, 1.165) is 6.92 Å². The Bertz CT molecular complexity index is 667. The van der Waals surface area contributed by atoms with Crippen molar-refractivity contribution in [2.45, 2.75) is 87.3 Å². The molecule has 0 aromatic carbocycles. The summed E-state index contributed by atoms with van der Waals surface area (Å²) in [5.41, 5.74) is 3.41. The van der Waals surface area contributed by atoms with Gasteiger partial charge < -0.3 is 70.5 Å². The second-order valence-electron chi connectivity index (χ2n) is 8.01. The molecule has 15 heteroatoms. The molecule has 0 bridgehead atoms. The third kappa shape index (κ3) is 6.34. The molecular weight excluding hydrogens is 452 g/mol. The van der Waals surface area contributed by atoms with Gasteiger partial charge in [-0.3, -0.25) is 4.79 Å². The summed E-state index contributed by atoms with van der Waals surface area (Å²) < 4.78 is 22.0. The molecule has 2 aliphatic heterocycles. The minimum atomic E-state index is -1.82. The smallest absolute Gasteiger partial charge is 0.217 e. The number of carboxylic acid groups (broad SMARTS) is 1. The highest BCUT2D eigenvalue weighted by atomic mass is 16.7. The number of nitrogens with one attached hydrogen (secondary N) is 1. The van der Waals surface area contributed by atoms with Gasteiger partial charge in [-0.2, -0.15) is 0 Å². The molecule has 0 aliphatic carbocycles. The monoisotopic (exact) mass is 484 g/mol. The molecule has 33 heavy (non-hydrogen) atoms. The molecule has 15 nitrogen and oxygen atoms in total. The summed E-state index contributed by atoms with van der Waals surface area (Å²) in [5, 5.41) is 73.4. The highest BCUT2D eigenvalue weighted by Gasteiger charge is 2.52. The van der Waals surface area contributed by atoms with Crippen molar-refractivity contribution in [3.05, 3.63) is 0 Å². The normalized spacial score (nSPS) is 41.2. The lowest BCUT2D eigenvalue weighted by molar-refractivity contribution is -0.458. The summed E-state index contributed by atoms with van der Waals surface area (Å²) in [7, 11) is 0. The standard InChI is InChI=1S/C18H32N2O13/c1-5(9(19)16(28)29)30-17-10(20-6(2)23)15(12(25)8(4-22)31-17)33-18-14(27)13(26)11(24)7(3-21)32-18/h5,7-15,17-18,21-22,24-27H,3-4,19H2,1-2H3,(H,20,23)(H,28,29)/t5-,7-,8-,9+,10-,11+,12+,13+,14-,15-,17+,18+/m1/s1. The summed E-state index contributed by atoms with van der Waals surface area (Å²) in [5.74, 6) is -2.13. The molecule has 0 saturated carbocycles. The molecule has 2 aliphatic rings. The number of carbonyl (C=O) groups excluding carboxylic acids is 2. The lowest BCUT2D eigenvalue weighted by Gasteiger charge is -2.47. The third-order valence-electron chi connectivity index (χ3n) is 5.58. The first-order valence-corrected chi connectivity index (χ1v) is 10.3. The van der Waals surface area contributed by atoms with Gasteiger partial charge in [-0.25, -0.2) is 0 Å². The summed E-state index contributed by atoms with van der Waals surface area (Å²) in [4.78, 5) is 22.9. The van der Waals surface area contributed by atoms with Crippen LogP contribution in [0.5, 0.6) is 0 Å². The minimum absolute atomic E-state index is 0.618. The topological polar surface area (TPSA) is 255 Å². The average molecular weight is 484 g/mol. The maximum atomic E-state index is 11.8. The fourth-order valence-corrected chi connectivity index (χ4v) is 3.57. The quantitative estimate of drug-likeness (QED) is 0.151. The third-order valence-corrected chi connectivity index (χ3v) is 5.58. The summed E-state index contributed by atoms with van der Waals surface area (Å²) in [6, 6.07) is -2.65. The number of carboxylic acids is 1. The molecule has 0 aromatic rings. The molecule has 2 fully saturated rings. The van der Waals surface area contributed by atoms with Crippen LogP contribution in [0.3, 0.4) is 0 Å². The molecule has 2 saturated heterocycles. The van der Waals surface area contributed by atoms with E-state index in [9.17, 15) is 45.3 Å². The predicted molar refractivity (Wildman–Crippen MR) is 100 cm³/mol. The number of aliphatic carboxylic acids is 1. The van der Waals surface area contributed by atoms with Crippen molar-refractivity contribution in [3.63, 3.8) is 0 Å². The van der Waals surface area contributed by atoms with Crippen LogP contribution < -0.4 is 16.2 Å². The van der Waals surface area contributed by atoms with Gasteiger partial charge in [0.15, 0.2) is 18.6 Å². The Kier molecular flexibility index (Phi) is 9.89. The van der Waals surface area contributed by atoms with Crippen LogP contribution in [0.25, 0.3) is 0 Å². The number of aliphatic hydroxyl groups is 6. The van der Waals surface area contributed by atoms with E-state index in [1.165, 1.54) is 6.92 Å². The van der Waals surface area contributed by atoms with E-state index in [0.29, 0.717) is 0 Å². The van der Waals surface area contributed by atoms with Crippen LogP contribution in [0.1, 0.15) is 13.8 Å². The lowest BCUT2D eigenvalue weighted by Crippen LogP contribution is -2.74. The number of hydrogen-bond acceptors (Lipinski definition) is 13. The van der Waals surface area contributed by atoms with Gasteiger partial charge in [0.2, 0.25) is 5.91 Å². The Labute approximate surface area is 188 Å². The first-order chi connectivity index (χ1) is 15.4. The second kappa shape index (κ2) is 11.8. The van der Waals surface area contributed by atoms with Crippen LogP contribution >= 0.6 is 0 Å². The molecular formula is C18H32N2O13. The summed E-state index contributed by atoms with van der Waals surface area (Å²) >= 11 is 0. The average Bonchev–Trinajstić information content (AvgIpc) is 2.76. The van der Waals surface area contributed by atoms with E-state index in [-0.39, 0.29) is 0 Å². The molecule has 192 valence electrons. The molecule has 10 N–H and O–H groups in total. The summed E-state index contributed by atoms with van der Waals surface area (Å²) in [6.07, 6.45) is -15.2. The van der Waals surface area contributed by atoms with E-state index >= 15 is 0 Å². The highest BCUT2D eigenvalue weighted by Crippen LogP contribution is 2.30. The van der Waals surface area contributed by atoms with Crippen molar-refractivity contribution in [3.8, 4) is 0 Å². The van der Waals surface area contributed by atoms with Gasteiger partial charge in [0, 0.05) is 6.92 Å². The van der Waals surface area contributed by atoms with Gasteiger partial charge in [0.1, 0.15) is 60.8 Å². The largest absolute Gasteiger partial charge is 0.544 e. The van der Waals surface area contributed by atoms with Gasteiger partial charge in [-0.1, -0.05) is 0 Å². The molecule has 2 heterocycles. The van der Waals surface area contributed by atoms with Crippen LogP contribution in [0.15, 0.2) is 0 Å². The van der Waals surface area contributed by atoms with Crippen molar-refractivity contribution < 1.29 is 70.0 Å². The van der Waals surface area contributed by atoms with Crippen molar-refractivity contribution in [2.24, 2.45) is 0 Å². The molecule has 0 aromatic heterocycles. The minimum Gasteiger partial charge on any atom is -0.544 e. The van der Waals surface area contributed by atoms with Crippen molar-refractivity contribution in [1.29, 1.82) is 0 Å². The Morgan fingerprint density at radius 2 is 1.55 bits per heavy atom. The van der Waals surface area contributed by atoms with Crippen LogP contribution in [0, 0.1) is 0 Å². The van der Waals surface area contributed by atoms with E-state index in [1.54, 1.807) is 0 Å². The number of ether oxygens (including phenoxy) is 4. The SMILES string of the molecule is CC(=O)N[C@H]1[C@@H](O[C@H](C)[C@H]([NH3+])C(=O)[O-])O[C@H](CO)[C@H](O)[C@@H]1O[C@@H]1O[C@H](CO)[C@H](O)[C@H](O)[C@H]1O. The number of hydrogen-bond donors (Lipinski definition) is 8. The Hall–Kier alpha value is -1.50. The summed E-state index contributed by atoms with van der Waals surface area (Å²) in [6.45, 7) is 1.04. The lowest BCUT2D eigenvalue weighted by atomic mass is 9.95. The number of quaternary nitrogens is 1. The fraction of sp³-hybridized carbons (Fsp3) is 0.889. The maximum absolute atomic E-state index is 11.8. The van der Waals surface area contributed by atoms with Gasteiger partial charge in [-0.05, 0) is 6.92 Å². The maximum Gasteiger partial charge on any atom is 0.217 e. The van der Waals surface area contributed by atoms with Gasteiger partial charge in [0.05, 0.1) is 13.2 Å². The van der Waals surface area contributed by atoms with Gasteiger partial charge in [0.25, 0.3) is 0 Å². The van der Waals surface area contributed by atoms with E-state index in [2.05, 4.69) is 11.1 Å². The second-order valence-corrected chi connectivity index (χ2v) is 8.01. The van der Waals surface area contributed by atoms with Crippen LogP contribution in [0.2, 0.25) is 0 Å². The van der Waals surface area contributed by atoms with E-state index in [1.807, 2.05) is 0 Å². The highest BCUT2D eigenvalue weighted by molar-refractivity contribution is 5.73. The zero-order valence-electron chi connectivity index (χ0n) is 18.1. The zero-order valence-corrected chi connectivity index (χ0v) is 18.1. The number of carbonyl (C=O) groups is 2. The predicted octanol–water partition coefficient (Wildman–Crippen LogP) is -7.48. The van der Waals surface area contributed by atoms with Crippen LogP contribution in [-0.4, -0.2) is 129 Å². The molecule has 0 spiro atoms. The molecule has 0 unspecified atom stereocenters. The zero-order chi connectivity index (χ0) is 25.0. The van der Waals surface area contributed by atoms with Crippen LogP contribution in [-0.2, 0) is 28.5 Å². The number of amides is 1. The van der Waals surface area contributed by atoms with E-state index in [4.69, 9.17) is 18.9 Å². The van der Waals surface area contributed by atoms with Gasteiger partial charge in [-0.15, -0.1) is 0 Å². The fourth-order valence-electron chi connectivity index (χ4n) is 3.57. The number of aliphatic hydroxyl groups excluding tert-OH is 6.